The van der Waals surface area contributed by atoms with E-state index in [9.17, 15) is 4.39 Å². The third-order valence-electron chi connectivity index (χ3n) is 7.25. The zero-order valence-electron chi connectivity index (χ0n) is 22.2. The zero-order chi connectivity index (χ0) is 28.1. The molecule has 1 N–H and O–H groups in total. The van der Waals surface area contributed by atoms with E-state index < -0.39 is 5.82 Å². The number of amidine groups is 2. The highest BCUT2D eigenvalue weighted by atomic mass is 35.5. The first-order chi connectivity index (χ1) is 20.0. The molecule has 7 nitrogen and oxygen atoms in total. The summed E-state index contributed by atoms with van der Waals surface area (Å²) in [5.74, 6) is 2.03. The molecule has 0 radical (unpaired) electrons. The van der Waals surface area contributed by atoms with Crippen molar-refractivity contribution in [2.24, 2.45) is 9.98 Å². The van der Waals surface area contributed by atoms with Crippen LogP contribution in [0.5, 0.6) is 5.75 Å². The number of anilines is 2. The van der Waals surface area contributed by atoms with Crippen LogP contribution in [-0.4, -0.2) is 28.6 Å². The van der Waals surface area contributed by atoms with Crippen molar-refractivity contribution in [1.82, 2.24) is 9.78 Å². The fourth-order valence-electron chi connectivity index (χ4n) is 5.44. The lowest BCUT2D eigenvalue weighted by atomic mass is 9.92. The largest absolute Gasteiger partial charge is 0.496 e. The Hall–Kier alpha value is -4.95. The van der Waals surface area contributed by atoms with Crippen molar-refractivity contribution in [2.75, 3.05) is 17.3 Å². The summed E-state index contributed by atoms with van der Waals surface area (Å²) in [5.41, 5.74) is 5.90. The molecule has 2 aliphatic heterocycles. The van der Waals surface area contributed by atoms with Crippen molar-refractivity contribution < 1.29 is 9.13 Å². The van der Waals surface area contributed by atoms with Gasteiger partial charge in [0, 0.05) is 16.8 Å². The number of rotatable bonds is 4. The highest BCUT2D eigenvalue weighted by Crippen LogP contribution is 2.49. The number of fused-ring (bicyclic) bond motifs is 4. The van der Waals surface area contributed by atoms with E-state index in [4.69, 9.17) is 31.4 Å². The van der Waals surface area contributed by atoms with Gasteiger partial charge in [0.05, 0.1) is 40.9 Å². The van der Waals surface area contributed by atoms with Gasteiger partial charge in [0.2, 0.25) is 0 Å². The summed E-state index contributed by atoms with van der Waals surface area (Å²) in [5, 5.41) is 8.33. The van der Waals surface area contributed by atoms with Crippen LogP contribution in [-0.2, 0) is 0 Å². The fourth-order valence-corrected chi connectivity index (χ4v) is 5.62. The molecule has 1 aromatic heterocycles. The van der Waals surface area contributed by atoms with E-state index in [1.807, 2.05) is 84.4 Å². The number of hydrogen-bond acceptors (Lipinski definition) is 6. The molecule has 0 saturated carbocycles. The summed E-state index contributed by atoms with van der Waals surface area (Å²) in [6.07, 6.45) is 0. The first-order valence-electron chi connectivity index (χ1n) is 13.1. The van der Waals surface area contributed by atoms with Gasteiger partial charge in [-0.25, -0.2) is 19.1 Å². The Morgan fingerprint density at radius 3 is 2.46 bits per heavy atom. The highest BCUT2D eigenvalue weighted by molar-refractivity contribution is 6.51. The number of halogens is 2. The van der Waals surface area contributed by atoms with E-state index in [0.29, 0.717) is 23.2 Å². The lowest BCUT2D eigenvalue weighted by molar-refractivity contribution is 0.407. The zero-order valence-corrected chi connectivity index (χ0v) is 23.0. The van der Waals surface area contributed by atoms with Gasteiger partial charge in [-0.2, -0.15) is 5.10 Å². The summed E-state index contributed by atoms with van der Waals surface area (Å²) < 4.78 is 21.7. The Kier molecular flexibility index (Phi) is 6.05. The van der Waals surface area contributed by atoms with Crippen LogP contribution in [0.25, 0.3) is 5.69 Å². The Labute approximate surface area is 241 Å². The van der Waals surface area contributed by atoms with Crippen molar-refractivity contribution in [3.8, 4) is 11.4 Å². The molecule has 0 aliphatic carbocycles. The van der Waals surface area contributed by atoms with Gasteiger partial charge in [-0.05, 0) is 55.5 Å². The maximum Gasteiger partial charge on any atom is 0.179 e. The molecule has 2 aliphatic rings. The van der Waals surface area contributed by atoms with Gasteiger partial charge in [-0.3, -0.25) is 0 Å². The number of benzene rings is 4. The van der Waals surface area contributed by atoms with E-state index in [0.717, 1.165) is 39.6 Å². The lowest BCUT2D eigenvalue weighted by Gasteiger charge is -2.41. The quantitative estimate of drug-likeness (QED) is 0.243. The van der Waals surface area contributed by atoms with Crippen LogP contribution >= 0.6 is 11.6 Å². The third kappa shape index (κ3) is 4.15. The average Bonchev–Trinajstić information content (AvgIpc) is 3.34. The maximum atomic E-state index is 14.0. The molecule has 7 rings (SSSR count). The molecule has 202 valence electrons. The molecule has 41 heavy (non-hydrogen) atoms. The Bertz CT molecular complexity index is 1870. The molecular formula is C32H24ClFN6O. The van der Waals surface area contributed by atoms with Crippen molar-refractivity contribution in [3.63, 3.8) is 0 Å². The van der Waals surface area contributed by atoms with Gasteiger partial charge in [0.15, 0.2) is 17.5 Å². The molecule has 0 fully saturated rings. The van der Waals surface area contributed by atoms with E-state index >= 15 is 0 Å². The first kappa shape index (κ1) is 25.0. The molecule has 1 unspecified atom stereocenters. The number of nitrogens with one attached hydrogen (secondary N) is 1. The third-order valence-corrected chi connectivity index (χ3v) is 7.54. The van der Waals surface area contributed by atoms with Crippen LogP contribution in [0.15, 0.2) is 107 Å². The van der Waals surface area contributed by atoms with Crippen LogP contribution in [0.1, 0.15) is 22.9 Å². The van der Waals surface area contributed by atoms with Crippen molar-refractivity contribution in [3.05, 3.63) is 125 Å². The number of aliphatic imine (C=N–C) groups is 2. The van der Waals surface area contributed by atoms with E-state index in [2.05, 4.69) is 16.3 Å². The van der Waals surface area contributed by atoms with Gasteiger partial charge >= 0.3 is 0 Å². The van der Waals surface area contributed by atoms with Gasteiger partial charge in [0.25, 0.3) is 0 Å². The molecule has 0 spiro atoms. The number of aryl methyl sites for hydroxylation is 1. The molecule has 4 aromatic carbocycles. The second-order valence-electron chi connectivity index (χ2n) is 9.72. The summed E-state index contributed by atoms with van der Waals surface area (Å²) in [4.78, 5) is 12.3. The standard InChI is InChI=1S/C32H24ClFN6O/c1-19-28-29(22-12-6-9-15-27(22)41-2)39-26-14-8-7-13-25(26)36-30(35-20-16-17-24(34)23(33)18-20)32(39)37-31(28)40(38-19)21-10-4-3-5-11-21/h3-18,29H,1-2H3,(H,35,36). The van der Waals surface area contributed by atoms with Crippen molar-refractivity contribution >= 4 is 46.2 Å². The average molecular weight is 563 g/mol. The van der Waals surface area contributed by atoms with Gasteiger partial charge in [-0.1, -0.05) is 60.1 Å². The number of ether oxygens (including phenoxy) is 1. The van der Waals surface area contributed by atoms with Crippen LogP contribution in [0, 0.1) is 12.7 Å². The number of nitrogens with zero attached hydrogens (tertiary/aromatic N) is 5. The number of aromatic nitrogens is 2. The second kappa shape index (κ2) is 9.91. The molecule has 9 heteroatoms. The lowest BCUT2D eigenvalue weighted by Crippen LogP contribution is -2.46. The molecule has 0 saturated heterocycles. The molecule has 0 amide bonds. The summed E-state index contributed by atoms with van der Waals surface area (Å²) in [7, 11) is 1.68. The normalized spacial score (nSPS) is 15.3. The van der Waals surface area contributed by atoms with Crippen LogP contribution in [0.4, 0.5) is 27.3 Å². The number of hydrogen-bond donors (Lipinski definition) is 1. The number of para-hydroxylation sites is 4. The van der Waals surface area contributed by atoms with Crippen LogP contribution in [0.2, 0.25) is 5.02 Å². The summed E-state index contributed by atoms with van der Waals surface area (Å²) in [6, 6.07) is 30.0. The molecule has 1 atom stereocenters. The topological polar surface area (TPSA) is 67.0 Å². The minimum atomic E-state index is -0.493. The van der Waals surface area contributed by atoms with Gasteiger partial charge < -0.3 is 15.0 Å². The summed E-state index contributed by atoms with van der Waals surface area (Å²) >= 11 is 6.12. The van der Waals surface area contributed by atoms with E-state index in [1.54, 1.807) is 13.2 Å². The fraction of sp³-hybridized carbons (Fsp3) is 0.0938. The first-order valence-corrected chi connectivity index (χ1v) is 13.5. The Morgan fingerprint density at radius 1 is 0.902 bits per heavy atom. The maximum absolute atomic E-state index is 14.0. The molecular weight excluding hydrogens is 539 g/mol. The smallest absolute Gasteiger partial charge is 0.179 e. The predicted molar refractivity (Wildman–Crippen MR) is 161 cm³/mol. The Morgan fingerprint density at radius 2 is 1.66 bits per heavy atom. The predicted octanol–water partition coefficient (Wildman–Crippen LogP) is 7.78. The van der Waals surface area contributed by atoms with Crippen molar-refractivity contribution in [2.45, 2.75) is 13.0 Å². The SMILES string of the molecule is COc1ccccc1C1c2c(C)nn(-c3ccccc3)c2N=C2C(Nc3ccc(F)c(Cl)c3)=Nc3ccccc3N21. The monoisotopic (exact) mass is 562 g/mol. The van der Waals surface area contributed by atoms with Crippen LogP contribution in [0.3, 0.4) is 0 Å². The molecule has 3 heterocycles. The Balaban J connectivity index is 1.51. The highest BCUT2D eigenvalue weighted by Gasteiger charge is 2.42. The van der Waals surface area contributed by atoms with Crippen LogP contribution < -0.4 is 15.0 Å². The molecule has 5 aromatic rings. The van der Waals surface area contributed by atoms with Gasteiger partial charge in [0.1, 0.15) is 11.6 Å². The number of methoxy groups -OCH3 is 1. The summed E-state index contributed by atoms with van der Waals surface area (Å²) in [6.45, 7) is 2.00. The van der Waals surface area contributed by atoms with E-state index in [1.165, 1.54) is 12.1 Å². The van der Waals surface area contributed by atoms with Crippen molar-refractivity contribution in [1.29, 1.82) is 0 Å². The van der Waals surface area contributed by atoms with Gasteiger partial charge in [-0.15, -0.1) is 0 Å². The van der Waals surface area contributed by atoms with E-state index in [-0.39, 0.29) is 11.1 Å². The second-order valence-corrected chi connectivity index (χ2v) is 10.1. The minimum absolute atomic E-state index is 0.0150. The minimum Gasteiger partial charge on any atom is -0.496 e. The molecule has 0 bridgehead atoms.